The minimum absolute atomic E-state index is 0.175. The van der Waals surface area contributed by atoms with Crippen LogP contribution in [0, 0.1) is 0 Å². The van der Waals surface area contributed by atoms with Gasteiger partial charge in [-0.3, -0.25) is 14.5 Å². The predicted octanol–water partition coefficient (Wildman–Crippen LogP) is 1.59. The molecule has 1 N–H and O–H groups in total. The topological polar surface area (TPSA) is 49.4 Å². The first-order chi connectivity index (χ1) is 9.27. The van der Waals surface area contributed by atoms with E-state index in [1.165, 1.54) is 10.5 Å². The Morgan fingerprint density at radius 3 is 2.21 bits per heavy atom. The Morgan fingerprint density at radius 1 is 1.05 bits per heavy atom. The molecule has 1 fully saturated rings. The van der Waals surface area contributed by atoms with E-state index in [4.69, 9.17) is 0 Å². The van der Waals surface area contributed by atoms with Gasteiger partial charge in [0.25, 0.3) is 11.8 Å². The Kier molecular flexibility index (Phi) is 3.17. The third-order valence-corrected chi connectivity index (χ3v) is 3.69. The highest BCUT2D eigenvalue weighted by atomic mass is 16.2. The minimum atomic E-state index is -0.175. The van der Waals surface area contributed by atoms with Gasteiger partial charge in [0.1, 0.15) is 0 Å². The molecule has 3 rings (SSSR count). The van der Waals surface area contributed by atoms with Crippen LogP contribution >= 0.6 is 0 Å². The number of carbonyl (C=O) groups excluding carboxylic acids is 2. The zero-order valence-corrected chi connectivity index (χ0v) is 10.7. The van der Waals surface area contributed by atoms with Gasteiger partial charge >= 0.3 is 0 Å². The van der Waals surface area contributed by atoms with Crippen LogP contribution in [0.25, 0.3) is 0 Å². The molecule has 4 nitrogen and oxygen atoms in total. The first-order valence-corrected chi connectivity index (χ1v) is 6.61. The number of fused-ring (bicyclic) bond motifs is 1. The van der Waals surface area contributed by atoms with Crippen molar-refractivity contribution in [3.05, 3.63) is 47.0 Å². The zero-order chi connectivity index (χ0) is 13.2. The molecule has 2 heterocycles. The van der Waals surface area contributed by atoms with Crippen molar-refractivity contribution in [1.82, 2.24) is 10.2 Å². The highest BCUT2D eigenvalue weighted by molar-refractivity contribution is 6.21. The van der Waals surface area contributed by atoms with E-state index in [0.29, 0.717) is 17.7 Å². The van der Waals surface area contributed by atoms with Crippen LogP contribution in [-0.4, -0.2) is 36.3 Å². The Hall–Kier alpha value is -1.94. The lowest BCUT2D eigenvalue weighted by atomic mass is 10.1. The molecule has 0 aliphatic carbocycles. The Balaban J connectivity index is 1.77. The van der Waals surface area contributed by atoms with Crippen molar-refractivity contribution in [3.63, 3.8) is 0 Å². The SMILES string of the molecule is O=C1c2ccccc2C(=O)N1CC=C1CCNCC1. The molecule has 0 radical (unpaired) electrons. The quantitative estimate of drug-likeness (QED) is 0.646. The summed E-state index contributed by atoms with van der Waals surface area (Å²) in [4.78, 5) is 25.6. The monoisotopic (exact) mass is 256 g/mol. The minimum Gasteiger partial charge on any atom is -0.316 e. The van der Waals surface area contributed by atoms with E-state index < -0.39 is 0 Å². The predicted molar refractivity (Wildman–Crippen MR) is 72.0 cm³/mol. The van der Waals surface area contributed by atoms with Gasteiger partial charge in [-0.2, -0.15) is 0 Å². The van der Waals surface area contributed by atoms with Gasteiger partial charge in [-0.25, -0.2) is 0 Å². The molecule has 1 aromatic rings. The average Bonchev–Trinajstić information content (AvgIpc) is 2.71. The summed E-state index contributed by atoms with van der Waals surface area (Å²) in [5.74, 6) is -0.349. The van der Waals surface area contributed by atoms with E-state index >= 15 is 0 Å². The fourth-order valence-electron chi connectivity index (χ4n) is 2.58. The van der Waals surface area contributed by atoms with Gasteiger partial charge in [-0.15, -0.1) is 0 Å². The summed E-state index contributed by atoms with van der Waals surface area (Å²) in [6, 6.07) is 7.01. The molecule has 1 saturated heterocycles. The molecule has 0 atom stereocenters. The largest absolute Gasteiger partial charge is 0.316 e. The van der Waals surface area contributed by atoms with Crippen molar-refractivity contribution < 1.29 is 9.59 Å². The van der Waals surface area contributed by atoms with Crippen molar-refractivity contribution >= 4 is 11.8 Å². The second-order valence-corrected chi connectivity index (χ2v) is 4.88. The molecule has 98 valence electrons. The molecule has 2 aliphatic rings. The summed E-state index contributed by atoms with van der Waals surface area (Å²) in [5, 5.41) is 3.29. The summed E-state index contributed by atoms with van der Waals surface area (Å²) in [7, 11) is 0. The highest BCUT2D eigenvalue weighted by Crippen LogP contribution is 2.22. The molecular formula is C15H16N2O2. The maximum atomic E-state index is 12.1. The smallest absolute Gasteiger partial charge is 0.261 e. The molecule has 2 amide bonds. The van der Waals surface area contributed by atoms with Crippen LogP contribution in [0.2, 0.25) is 0 Å². The maximum absolute atomic E-state index is 12.1. The van der Waals surface area contributed by atoms with Gasteiger partial charge in [-0.05, 0) is 38.1 Å². The second kappa shape index (κ2) is 4.97. The van der Waals surface area contributed by atoms with Gasteiger partial charge in [-0.1, -0.05) is 23.8 Å². The molecule has 4 heteroatoms. The third kappa shape index (κ3) is 2.19. The number of amides is 2. The van der Waals surface area contributed by atoms with Gasteiger partial charge in [0, 0.05) is 6.54 Å². The van der Waals surface area contributed by atoms with E-state index in [1.807, 2.05) is 6.08 Å². The standard InChI is InChI=1S/C15H16N2O2/c18-14-12-3-1-2-4-13(12)15(19)17(14)10-7-11-5-8-16-9-6-11/h1-4,7,16H,5-6,8-10H2. The van der Waals surface area contributed by atoms with E-state index in [1.54, 1.807) is 24.3 Å². The molecule has 1 aromatic carbocycles. The van der Waals surface area contributed by atoms with Crippen LogP contribution in [0.5, 0.6) is 0 Å². The van der Waals surface area contributed by atoms with E-state index in [-0.39, 0.29) is 11.8 Å². The molecule has 0 bridgehead atoms. The zero-order valence-electron chi connectivity index (χ0n) is 10.7. The van der Waals surface area contributed by atoms with E-state index in [9.17, 15) is 9.59 Å². The van der Waals surface area contributed by atoms with E-state index in [2.05, 4.69) is 5.32 Å². The van der Waals surface area contributed by atoms with Crippen LogP contribution in [0.1, 0.15) is 33.6 Å². The van der Waals surface area contributed by atoms with Crippen LogP contribution in [0.4, 0.5) is 0 Å². The molecule has 0 saturated carbocycles. The summed E-state index contributed by atoms with van der Waals surface area (Å²) in [5.41, 5.74) is 2.38. The van der Waals surface area contributed by atoms with Crippen molar-refractivity contribution in [2.24, 2.45) is 0 Å². The number of benzene rings is 1. The second-order valence-electron chi connectivity index (χ2n) is 4.88. The van der Waals surface area contributed by atoms with Crippen molar-refractivity contribution in [2.45, 2.75) is 12.8 Å². The van der Waals surface area contributed by atoms with Gasteiger partial charge in [0.05, 0.1) is 11.1 Å². The van der Waals surface area contributed by atoms with Crippen LogP contribution in [0.3, 0.4) is 0 Å². The molecule has 0 spiro atoms. The number of hydrogen-bond acceptors (Lipinski definition) is 3. The number of piperidine rings is 1. The normalized spacial score (nSPS) is 18.7. The number of carbonyl (C=O) groups is 2. The van der Waals surface area contributed by atoms with Crippen molar-refractivity contribution in [1.29, 1.82) is 0 Å². The Morgan fingerprint density at radius 2 is 1.63 bits per heavy atom. The fourth-order valence-corrected chi connectivity index (χ4v) is 2.58. The lowest BCUT2D eigenvalue weighted by Crippen LogP contribution is -2.30. The summed E-state index contributed by atoms with van der Waals surface area (Å²) >= 11 is 0. The Bertz CT molecular complexity index is 520. The van der Waals surface area contributed by atoms with Gasteiger partial charge in [0.15, 0.2) is 0 Å². The van der Waals surface area contributed by atoms with Crippen LogP contribution in [-0.2, 0) is 0 Å². The molecular weight excluding hydrogens is 240 g/mol. The number of imide groups is 1. The van der Waals surface area contributed by atoms with Crippen molar-refractivity contribution in [2.75, 3.05) is 19.6 Å². The maximum Gasteiger partial charge on any atom is 0.261 e. The third-order valence-electron chi connectivity index (χ3n) is 3.69. The summed E-state index contributed by atoms with van der Waals surface area (Å²) in [6.45, 7) is 2.35. The number of nitrogens with zero attached hydrogens (tertiary/aromatic N) is 1. The molecule has 2 aliphatic heterocycles. The number of rotatable bonds is 2. The van der Waals surface area contributed by atoms with Gasteiger partial charge < -0.3 is 5.32 Å². The summed E-state index contributed by atoms with van der Waals surface area (Å²) < 4.78 is 0. The first kappa shape index (κ1) is 12.1. The Labute approximate surface area is 112 Å². The highest BCUT2D eigenvalue weighted by Gasteiger charge is 2.34. The fraction of sp³-hybridized carbons (Fsp3) is 0.333. The average molecular weight is 256 g/mol. The number of hydrogen-bond donors (Lipinski definition) is 1. The first-order valence-electron chi connectivity index (χ1n) is 6.61. The van der Waals surface area contributed by atoms with Crippen molar-refractivity contribution in [3.8, 4) is 0 Å². The molecule has 19 heavy (non-hydrogen) atoms. The molecule has 0 unspecified atom stereocenters. The molecule has 0 aromatic heterocycles. The summed E-state index contributed by atoms with van der Waals surface area (Å²) in [6.07, 6.45) is 4.04. The van der Waals surface area contributed by atoms with E-state index in [0.717, 1.165) is 25.9 Å². The number of nitrogens with one attached hydrogen (secondary N) is 1. The van der Waals surface area contributed by atoms with Crippen LogP contribution < -0.4 is 5.32 Å². The van der Waals surface area contributed by atoms with Gasteiger partial charge in [0.2, 0.25) is 0 Å². The lowest BCUT2D eigenvalue weighted by Gasteiger charge is -2.17. The van der Waals surface area contributed by atoms with Crippen LogP contribution in [0.15, 0.2) is 35.9 Å². The lowest BCUT2D eigenvalue weighted by molar-refractivity contribution is 0.0671.